The van der Waals surface area contributed by atoms with E-state index in [1.54, 1.807) is 6.08 Å². The van der Waals surface area contributed by atoms with Crippen LogP contribution < -0.4 is 5.32 Å². The van der Waals surface area contributed by atoms with Gasteiger partial charge in [-0.25, -0.2) is 0 Å². The molecule has 1 aliphatic rings. The molecule has 0 aliphatic carbocycles. The summed E-state index contributed by atoms with van der Waals surface area (Å²) in [4.78, 5) is 13.0. The number of nitrogens with one attached hydrogen (secondary N) is 1. The van der Waals surface area contributed by atoms with Crippen LogP contribution in [0.1, 0.15) is 206 Å². The lowest BCUT2D eigenvalue weighted by Crippen LogP contribution is -2.60. The maximum Gasteiger partial charge on any atom is 0.220 e. The highest BCUT2D eigenvalue weighted by Gasteiger charge is 2.44. The molecule has 1 saturated heterocycles. The van der Waals surface area contributed by atoms with Crippen LogP contribution in [-0.4, -0.2) is 87.5 Å². The highest BCUT2D eigenvalue weighted by Crippen LogP contribution is 2.23. The first-order chi connectivity index (χ1) is 34.8. The third kappa shape index (κ3) is 39.8. The van der Waals surface area contributed by atoms with Gasteiger partial charge in [-0.2, -0.15) is 0 Å². The van der Waals surface area contributed by atoms with Crippen molar-refractivity contribution in [1.82, 2.24) is 5.32 Å². The molecule has 1 heterocycles. The number of aliphatic hydroxyl groups is 5. The summed E-state index contributed by atoms with van der Waals surface area (Å²) >= 11 is 0. The molecule has 0 radical (unpaired) electrons. The molecule has 0 aromatic carbocycles. The van der Waals surface area contributed by atoms with Crippen molar-refractivity contribution in [2.24, 2.45) is 0 Å². The average molecular weight is 991 g/mol. The zero-order valence-corrected chi connectivity index (χ0v) is 44.7. The number of carbonyl (C=O) groups is 1. The van der Waals surface area contributed by atoms with Crippen LogP contribution in [0.2, 0.25) is 0 Å². The number of carbonyl (C=O) groups excluding carboxylic acids is 1. The molecule has 1 fully saturated rings. The first-order valence-corrected chi connectivity index (χ1v) is 28.3. The lowest BCUT2D eigenvalue weighted by atomic mass is 9.99. The molecule has 7 unspecified atom stereocenters. The summed E-state index contributed by atoms with van der Waals surface area (Å²) in [7, 11) is 0. The van der Waals surface area contributed by atoms with E-state index in [-0.39, 0.29) is 12.5 Å². The van der Waals surface area contributed by atoms with Crippen LogP contribution in [0.25, 0.3) is 0 Å². The van der Waals surface area contributed by atoms with Crippen molar-refractivity contribution in [3.63, 3.8) is 0 Å². The van der Waals surface area contributed by atoms with Gasteiger partial charge in [-0.15, -0.1) is 0 Å². The Balaban J connectivity index is 2.10. The SMILES string of the molecule is CC/C=C\C/C=C\C/C=C\C/C=C\C/C=C\C/C=C\C/C=C\C/C=C\C/C=C\CCCCCCCCCCCCCC(=O)NC(COC1OC(CO)C(O)C(O)C1O)C(O)/C=C/CCCCCCCCC. The molecular weight excluding hydrogens is 887 g/mol. The zero-order chi connectivity index (χ0) is 51.5. The highest BCUT2D eigenvalue weighted by molar-refractivity contribution is 5.76. The second-order valence-corrected chi connectivity index (χ2v) is 19.0. The van der Waals surface area contributed by atoms with Crippen LogP contribution in [0.4, 0.5) is 0 Å². The smallest absolute Gasteiger partial charge is 0.220 e. The number of hydrogen-bond acceptors (Lipinski definition) is 8. The largest absolute Gasteiger partial charge is 0.394 e. The predicted molar refractivity (Wildman–Crippen MR) is 299 cm³/mol. The first kappa shape index (κ1) is 65.6. The third-order valence-electron chi connectivity index (χ3n) is 12.5. The first-order valence-electron chi connectivity index (χ1n) is 28.3. The van der Waals surface area contributed by atoms with E-state index in [9.17, 15) is 30.3 Å². The average Bonchev–Trinajstić information content (AvgIpc) is 3.37. The normalized spacial score (nSPS) is 20.2. The van der Waals surface area contributed by atoms with E-state index in [4.69, 9.17) is 9.47 Å². The molecule has 0 aromatic heterocycles. The number of amides is 1. The molecule has 1 aliphatic heterocycles. The number of hydrogen-bond donors (Lipinski definition) is 6. The van der Waals surface area contributed by atoms with Crippen molar-refractivity contribution in [2.75, 3.05) is 13.2 Å². The van der Waals surface area contributed by atoms with Crippen LogP contribution in [0.3, 0.4) is 0 Å². The van der Waals surface area contributed by atoms with Gasteiger partial charge in [0.05, 0.1) is 25.4 Å². The molecule has 0 spiro atoms. The Bertz CT molecular complexity index is 1520. The molecule has 0 bridgehead atoms. The Morgan fingerprint density at radius 3 is 1.30 bits per heavy atom. The van der Waals surface area contributed by atoms with Gasteiger partial charge in [0.1, 0.15) is 24.4 Å². The minimum absolute atomic E-state index is 0.188. The monoisotopic (exact) mass is 990 g/mol. The van der Waals surface area contributed by atoms with E-state index >= 15 is 0 Å². The molecule has 404 valence electrons. The molecule has 0 saturated carbocycles. The maximum absolute atomic E-state index is 13.0. The summed E-state index contributed by atoms with van der Waals surface area (Å²) in [6.07, 6.45) is 68.5. The summed E-state index contributed by atoms with van der Waals surface area (Å²) in [5.74, 6) is -0.188. The van der Waals surface area contributed by atoms with Crippen molar-refractivity contribution < 1.29 is 39.8 Å². The van der Waals surface area contributed by atoms with E-state index in [0.29, 0.717) is 6.42 Å². The second kappa shape index (κ2) is 50.1. The van der Waals surface area contributed by atoms with Gasteiger partial charge >= 0.3 is 0 Å². The highest BCUT2D eigenvalue weighted by atomic mass is 16.7. The summed E-state index contributed by atoms with van der Waals surface area (Å²) < 4.78 is 11.2. The van der Waals surface area contributed by atoms with Gasteiger partial charge in [-0.1, -0.05) is 232 Å². The fraction of sp³-hybridized carbons (Fsp3) is 0.661. The predicted octanol–water partition coefficient (Wildman–Crippen LogP) is 14.0. The molecule has 9 heteroatoms. The quantitative estimate of drug-likeness (QED) is 0.0261. The standard InChI is InChI=1S/C62H103NO8/c1-3-5-7-9-11-13-14-15-16-17-18-19-20-21-22-23-24-25-26-27-28-29-30-31-32-33-34-35-36-37-38-39-40-41-42-44-46-48-50-52-58(66)63-55(56(65)51-49-47-45-43-12-10-8-6-4-2)54-70-62-61(69)60(68)59(67)57(53-64)71-62/h5,7,11,13,15-16,18-19,21-22,24-25,27-28,30-31,33-34,49,51,55-57,59-62,64-65,67-69H,3-4,6,8-10,12,14,17,20,23,26,29,32,35-48,50,52-54H2,1-2H3,(H,63,66)/b7-5-,13-11-,16-15-,19-18-,22-21-,25-24-,28-27-,31-30-,34-33-,51-49+. The van der Waals surface area contributed by atoms with Gasteiger partial charge in [0, 0.05) is 6.42 Å². The third-order valence-corrected chi connectivity index (χ3v) is 12.5. The lowest BCUT2D eigenvalue weighted by molar-refractivity contribution is -0.302. The second-order valence-electron chi connectivity index (χ2n) is 19.0. The topological polar surface area (TPSA) is 149 Å². The van der Waals surface area contributed by atoms with E-state index in [0.717, 1.165) is 103 Å². The number of ether oxygens (including phenoxy) is 2. The molecule has 6 N–H and O–H groups in total. The Hall–Kier alpha value is -3.41. The molecule has 0 aromatic rings. The van der Waals surface area contributed by atoms with Crippen LogP contribution in [0, 0.1) is 0 Å². The Morgan fingerprint density at radius 1 is 0.493 bits per heavy atom. The summed E-state index contributed by atoms with van der Waals surface area (Å²) in [5, 5.41) is 54.2. The summed E-state index contributed by atoms with van der Waals surface area (Å²) in [6.45, 7) is 3.61. The van der Waals surface area contributed by atoms with E-state index in [1.807, 2.05) is 6.08 Å². The minimum atomic E-state index is -1.57. The Kier molecular flexibility index (Phi) is 46.3. The minimum Gasteiger partial charge on any atom is -0.394 e. The van der Waals surface area contributed by atoms with Crippen molar-refractivity contribution in [3.8, 4) is 0 Å². The Morgan fingerprint density at radius 2 is 0.873 bits per heavy atom. The fourth-order valence-corrected chi connectivity index (χ4v) is 8.09. The van der Waals surface area contributed by atoms with Gasteiger partial charge in [0.2, 0.25) is 5.91 Å². The Labute approximate surface area is 433 Å². The number of aliphatic hydroxyl groups excluding tert-OH is 5. The van der Waals surface area contributed by atoms with Crippen molar-refractivity contribution >= 4 is 5.91 Å². The van der Waals surface area contributed by atoms with Crippen molar-refractivity contribution in [3.05, 3.63) is 122 Å². The van der Waals surface area contributed by atoms with E-state index in [1.165, 1.54) is 83.5 Å². The van der Waals surface area contributed by atoms with Gasteiger partial charge < -0.3 is 40.3 Å². The number of unbranched alkanes of at least 4 members (excludes halogenated alkanes) is 18. The maximum atomic E-state index is 13.0. The van der Waals surface area contributed by atoms with Crippen LogP contribution in [-0.2, 0) is 14.3 Å². The van der Waals surface area contributed by atoms with Gasteiger partial charge in [0.25, 0.3) is 0 Å². The van der Waals surface area contributed by atoms with Gasteiger partial charge in [0.15, 0.2) is 6.29 Å². The van der Waals surface area contributed by atoms with Gasteiger partial charge in [-0.3, -0.25) is 4.79 Å². The van der Waals surface area contributed by atoms with Crippen molar-refractivity contribution in [1.29, 1.82) is 0 Å². The van der Waals surface area contributed by atoms with Crippen molar-refractivity contribution in [2.45, 2.75) is 249 Å². The molecule has 9 nitrogen and oxygen atoms in total. The van der Waals surface area contributed by atoms with Crippen LogP contribution in [0.15, 0.2) is 122 Å². The molecule has 7 atom stereocenters. The lowest BCUT2D eigenvalue weighted by Gasteiger charge is -2.40. The van der Waals surface area contributed by atoms with Gasteiger partial charge in [-0.05, 0) is 89.9 Å². The molecule has 1 amide bonds. The summed E-state index contributed by atoms with van der Waals surface area (Å²) in [5.41, 5.74) is 0. The molecule has 1 rings (SSSR count). The van der Waals surface area contributed by atoms with E-state index < -0.39 is 49.5 Å². The fourth-order valence-electron chi connectivity index (χ4n) is 8.09. The van der Waals surface area contributed by atoms with Crippen LogP contribution >= 0.6 is 0 Å². The number of rotatable bonds is 46. The molecule has 71 heavy (non-hydrogen) atoms. The zero-order valence-electron chi connectivity index (χ0n) is 44.7. The number of allylic oxidation sites excluding steroid dienone is 19. The molecular formula is C62H103NO8. The van der Waals surface area contributed by atoms with Crippen LogP contribution in [0.5, 0.6) is 0 Å². The van der Waals surface area contributed by atoms with E-state index in [2.05, 4.69) is 129 Å². The summed E-state index contributed by atoms with van der Waals surface area (Å²) in [6, 6.07) is -0.811.